The van der Waals surface area contributed by atoms with Gasteiger partial charge in [-0.1, -0.05) is 38.8 Å². The number of carboxylic acid groups (broad SMARTS) is 1. The van der Waals surface area contributed by atoms with Crippen LogP contribution in [0.5, 0.6) is 0 Å². The van der Waals surface area contributed by atoms with Gasteiger partial charge in [0.1, 0.15) is 0 Å². The normalized spacial score (nSPS) is 12.6. The van der Waals surface area contributed by atoms with E-state index in [1.54, 1.807) is 4.68 Å². The number of carboxylic acids is 1. The molecule has 1 unspecified atom stereocenters. The summed E-state index contributed by atoms with van der Waals surface area (Å²) in [6.45, 7) is 7.08. The molecule has 1 N–H and O–H groups in total. The van der Waals surface area contributed by atoms with Crippen LogP contribution < -0.4 is 0 Å². The van der Waals surface area contributed by atoms with E-state index in [0.717, 1.165) is 31.5 Å². The van der Waals surface area contributed by atoms with Crippen LogP contribution in [-0.4, -0.2) is 26.1 Å². The third kappa shape index (κ3) is 3.54. The number of nitrogens with zero attached hydrogens (tertiary/aromatic N) is 3. The van der Waals surface area contributed by atoms with E-state index in [4.69, 9.17) is 5.11 Å². The molecule has 5 nitrogen and oxygen atoms in total. The van der Waals surface area contributed by atoms with Gasteiger partial charge in [-0.05, 0) is 18.8 Å². The Balaban J connectivity index is 2.87. The molecule has 0 bridgehead atoms. The fraction of sp³-hybridized carbons (Fsp3) is 0.750. The average Bonchev–Trinajstić information content (AvgIpc) is 2.63. The van der Waals surface area contributed by atoms with E-state index in [-0.39, 0.29) is 5.69 Å². The first-order valence-electron chi connectivity index (χ1n) is 6.25. The van der Waals surface area contributed by atoms with Gasteiger partial charge in [-0.25, -0.2) is 9.48 Å². The molecule has 0 amide bonds. The summed E-state index contributed by atoms with van der Waals surface area (Å²) in [5.74, 6) is -0.484. The molecule has 1 aromatic rings. The largest absolute Gasteiger partial charge is 0.476 e. The highest BCUT2D eigenvalue weighted by Crippen LogP contribution is 2.13. The quantitative estimate of drug-likeness (QED) is 0.793. The smallest absolute Gasteiger partial charge is 0.358 e. The molecule has 0 aliphatic rings. The predicted octanol–water partition coefficient (Wildman–Crippen LogP) is 2.37. The minimum atomic E-state index is -0.983. The number of hydrogen-bond acceptors (Lipinski definition) is 3. The maximum absolute atomic E-state index is 11.0. The Hall–Kier alpha value is -1.39. The predicted molar refractivity (Wildman–Crippen MR) is 65.0 cm³/mol. The second kappa shape index (κ2) is 6.37. The minimum Gasteiger partial charge on any atom is -0.476 e. The Morgan fingerprint density at radius 2 is 2.12 bits per heavy atom. The van der Waals surface area contributed by atoms with Crippen molar-refractivity contribution in [1.82, 2.24) is 15.0 Å². The van der Waals surface area contributed by atoms with E-state index < -0.39 is 5.97 Å². The molecule has 1 aromatic heterocycles. The lowest BCUT2D eigenvalue weighted by atomic mass is 10.1. The average molecular weight is 239 g/mol. The second-order valence-electron chi connectivity index (χ2n) is 4.52. The molecule has 0 saturated carbocycles. The Morgan fingerprint density at radius 1 is 1.41 bits per heavy atom. The van der Waals surface area contributed by atoms with Gasteiger partial charge in [-0.3, -0.25) is 0 Å². The van der Waals surface area contributed by atoms with Crippen molar-refractivity contribution in [3.63, 3.8) is 0 Å². The molecular weight excluding hydrogens is 218 g/mol. The summed E-state index contributed by atoms with van der Waals surface area (Å²) in [5.41, 5.74) is 0.860. The number of aromatic nitrogens is 3. The maximum atomic E-state index is 11.0. The van der Waals surface area contributed by atoms with Gasteiger partial charge in [0.2, 0.25) is 0 Å². The lowest BCUT2D eigenvalue weighted by Gasteiger charge is -2.12. The van der Waals surface area contributed by atoms with Crippen LogP contribution in [0, 0.1) is 5.92 Å². The molecule has 0 radical (unpaired) electrons. The Labute approximate surface area is 102 Å². The van der Waals surface area contributed by atoms with Crippen molar-refractivity contribution in [3.05, 3.63) is 11.4 Å². The Kier molecular flexibility index (Phi) is 5.12. The van der Waals surface area contributed by atoms with E-state index in [1.807, 2.05) is 6.92 Å². The lowest BCUT2D eigenvalue weighted by Crippen LogP contribution is -2.13. The van der Waals surface area contributed by atoms with Crippen LogP contribution in [0.25, 0.3) is 0 Å². The molecular formula is C12H21N3O2. The second-order valence-corrected chi connectivity index (χ2v) is 4.52. The SMILES string of the molecule is CCCc1c(C(=O)O)nnn1CC(C)CCC. The molecule has 1 heterocycles. The topological polar surface area (TPSA) is 68.0 Å². The first-order valence-corrected chi connectivity index (χ1v) is 6.25. The van der Waals surface area contributed by atoms with Gasteiger partial charge in [-0.15, -0.1) is 5.10 Å². The molecule has 1 atom stereocenters. The zero-order valence-corrected chi connectivity index (χ0v) is 10.8. The molecule has 1 rings (SSSR count). The first-order chi connectivity index (χ1) is 8.10. The molecule has 17 heavy (non-hydrogen) atoms. The Morgan fingerprint density at radius 3 is 2.65 bits per heavy atom. The third-order valence-electron chi connectivity index (χ3n) is 2.79. The zero-order valence-electron chi connectivity index (χ0n) is 10.8. The molecule has 0 aromatic carbocycles. The molecule has 0 spiro atoms. The maximum Gasteiger partial charge on any atom is 0.358 e. The summed E-state index contributed by atoms with van der Waals surface area (Å²) < 4.78 is 1.76. The summed E-state index contributed by atoms with van der Waals surface area (Å²) in [4.78, 5) is 11.0. The fourth-order valence-corrected chi connectivity index (χ4v) is 2.01. The van der Waals surface area contributed by atoms with Crippen molar-refractivity contribution in [2.24, 2.45) is 5.92 Å². The highest BCUT2D eigenvalue weighted by Gasteiger charge is 2.18. The van der Waals surface area contributed by atoms with E-state index in [0.29, 0.717) is 12.3 Å². The monoisotopic (exact) mass is 239 g/mol. The summed E-state index contributed by atoms with van der Waals surface area (Å²) in [7, 11) is 0. The summed E-state index contributed by atoms with van der Waals surface area (Å²) >= 11 is 0. The number of hydrogen-bond donors (Lipinski definition) is 1. The summed E-state index contributed by atoms with van der Waals surface area (Å²) in [6.07, 6.45) is 3.86. The van der Waals surface area contributed by atoms with Gasteiger partial charge >= 0.3 is 5.97 Å². The van der Waals surface area contributed by atoms with Crippen molar-refractivity contribution >= 4 is 5.97 Å². The Bertz CT molecular complexity index is 374. The van der Waals surface area contributed by atoms with Gasteiger partial charge in [0.05, 0.1) is 5.69 Å². The molecule has 0 saturated heterocycles. The minimum absolute atomic E-state index is 0.107. The lowest BCUT2D eigenvalue weighted by molar-refractivity contribution is 0.0689. The van der Waals surface area contributed by atoms with Crippen LogP contribution in [0.3, 0.4) is 0 Å². The molecule has 0 fully saturated rings. The standard InChI is InChI=1S/C12H21N3O2/c1-4-6-9(3)8-15-10(7-5-2)11(12(16)17)13-14-15/h9H,4-8H2,1-3H3,(H,16,17). The highest BCUT2D eigenvalue weighted by molar-refractivity contribution is 5.86. The highest BCUT2D eigenvalue weighted by atomic mass is 16.4. The molecule has 96 valence electrons. The van der Waals surface area contributed by atoms with Gasteiger partial charge in [0.25, 0.3) is 0 Å². The van der Waals surface area contributed by atoms with Crippen LogP contribution in [-0.2, 0) is 13.0 Å². The van der Waals surface area contributed by atoms with E-state index in [9.17, 15) is 4.79 Å². The van der Waals surface area contributed by atoms with Crippen molar-refractivity contribution in [3.8, 4) is 0 Å². The third-order valence-corrected chi connectivity index (χ3v) is 2.79. The zero-order chi connectivity index (χ0) is 12.8. The van der Waals surface area contributed by atoms with Crippen molar-refractivity contribution in [1.29, 1.82) is 0 Å². The fourth-order valence-electron chi connectivity index (χ4n) is 2.01. The van der Waals surface area contributed by atoms with Crippen LogP contribution in [0.4, 0.5) is 0 Å². The van der Waals surface area contributed by atoms with Crippen molar-refractivity contribution < 1.29 is 9.90 Å². The number of aromatic carboxylic acids is 1. The van der Waals surface area contributed by atoms with Gasteiger partial charge < -0.3 is 5.11 Å². The van der Waals surface area contributed by atoms with Crippen LogP contribution >= 0.6 is 0 Å². The molecule has 5 heteroatoms. The van der Waals surface area contributed by atoms with Gasteiger partial charge in [-0.2, -0.15) is 0 Å². The van der Waals surface area contributed by atoms with Gasteiger partial charge in [0, 0.05) is 6.54 Å². The van der Waals surface area contributed by atoms with E-state index in [2.05, 4.69) is 24.2 Å². The van der Waals surface area contributed by atoms with Crippen LogP contribution in [0.15, 0.2) is 0 Å². The number of carbonyl (C=O) groups is 1. The van der Waals surface area contributed by atoms with Crippen molar-refractivity contribution in [2.45, 2.75) is 53.0 Å². The van der Waals surface area contributed by atoms with Crippen LogP contribution in [0.2, 0.25) is 0 Å². The van der Waals surface area contributed by atoms with Crippen molar-refractivity contribution in [2.75, 3.05) is 0 Å². The summed E-state index contributed by atoms with van der Waals surface area (Å²) in [6, 6.07) is 0. The molecule has 0 aliphatic heterocycles. The first kappa shape index (κ1) is 13.7. The van der Waals surface area contributed by atoms with Crippen LogP contribution in [0.1, 0.15) is 56.2 Å². The van der Waals surface area contributed by atoms with Gasteiger partial charge in [0.15, 0.2) is 5.69 Å². The van der Waals surface area contributed by atoms with E-state index >= 15 is 0 Å². The summed E-state index contributed by atoms with van der Waals surface area (Å²) in [5, 5.41) is 16.8. The number of rotatable bonds is 7. The molecule has 0 aliphatic carbocycles. The van der Waals surface area contributed by atoms with E-state index in [1.165, 1.54) is 0 Å².